The topological polar surface area (TPSA) is 67.2 Å². The van der Waals surface area contributed by atoms with Crippen LogP contribution in [0.25, 0.3) is 0 Å². The number of anilines is 1. The Morgan fingerprint density at radius 2 is 2.22 bits per heavy atom. The minimum absolute atomic E-state index is 0. The van der Waals surface area contributed by atoms with Crippen LogP contribution in [0, 0.1) is 12.8 Å². The molecule has 1 fully saturated rings. The van der Waals surface area contributed by atoms with Gasteiger partial charge >= 0.3 is 0 Å². The van der Waals surface area contributed by atoms with Crippen molar-refractivity contribution in [3.8, 4) is 0 Å². The molecular formula is C12H20ClN3O2. The van der Waals surface area contributed by atoms with Gasteiger partial charge in [-0.25, -0.2) is 0 Å². The molecule has 6 heteroatoms. The number of aromatic nitrogens is 1. The van der Waals surface area contributed by atoms with Crippen LogP contribution in [0.1, 0.15) is 31.2 Å². The van der Waals surface area contributed by atoms with Crippen molar-refractivity contribution >= 4 is 24.0 Å². The maximum atomic E-state index is 11.7. The fourth-order valence-corrected chi connectivity index (χ4v) is 1.71. The SMILES string of the molecule is CCc1noc(C)c1NC(=O)CNCC1CC1.Cl. The molecule has 0 aromatic carbocycles. The predicted molar refractivity (Wildman–Crippen MR) is 72.1 cm³/mol. The van der Waals surface area contributed by atoms with Crippen LogP contribution in [-0.4, -0.2) is 24.2 Å². The molecule has 0 saturated heterocycles. The van der Waals surface area contributed by atoms with Gasteiger partial charge in [0.2, 0.25) is 5.91 Å². The highest BCUT2D eigenvalue weighted by Crippen LogP contribution is 2.27. The van der Waals surface area contributed by atoms with E-state index in [2.05, 4.69) is 15.8 Å². The standard InChI is InChI=1S/C12H19N3O2.ClH/c1-3-10-12(8(2)17-15-10)14-11(16)7-13-6-9-4-5-9;/h9,13H,3-7H2,1-2H3,(H,14,16);1H. The summed E-state index contributed by atoms with van der Waals surface area (Å²) in [6.07, 6.45) is 3.33. The fourth-order valence-electron chi connectivity index (χ4n) is 1.71. The molecule has 0 radical (unpaired) electrons. The fraction of sp³-hybridized carbons (Fsp3) is 0.667. The number of nitrogens with zero attached hydrogens (tertiary/aromatic N) is 1. The average Bonchev–Trinajstić information content (AvgIpc) is 3.06. The Bertz CT molecular complexity index is 402. The Hall–Kier alpha value is -1.07. The molecule has 0 unspecified atom stereocenters. The minimum Gasteiger partial charge on any atom is -0.359 e. The van der Waals surface area contributed by atoms with Gasteiger partial charge in [0.15, 0.2) is 5.76 Å². The third kappa shape index (κ3) is 3.99. The van der Waals surface area contributed by atoms with Crippen molar-refractivity contribution in [1.29, 1.82) is 0 Å². The van der Waals surface area contributed by atoms with Gasteiger partial charge in [0.25, 0.3) is 0 Å². The molecule has 18 heavy (non-hydrogen) atoms. The van der Waals surface area contributed by atoms with E-state index in [1.807, 2.05) is 6.92 Å². The van der Waals surface area contributed by atoms with Crippen LogP contribution in [0.4, 0.5) is 5.69 Å². The molecule has 0 spiro atoms. The third-order valence-electron chi connectivity index (χ3n) is 2.95. The lowest BCUT2D eigenvalue weighted by molar-refractivity contribution is -0.115. The van der Waals surface area contributed by atoms with Crippen LogP contribution >= 0.6 is 12.4 Å². The van der Waals surface area contributed by atoms with Crippen LogP contribution in [0.3, 0.4) is 0 Å². The molecule has 0 atom stereocenters. The van der Waals surface area contributed by atoms with Crippen molar-refractivity contribution < 1.29 is 9.32 Å². The highest BCUT2D eigenvalue weighted by Gasteiger charge is 2.21. The number of halogens is 1. The number of carbonyl (C=O) groups excluding carboxylic acids is 1. The Balaban J connectivity index is 0.00000162. The van der Waals surface area contributed by atoms with Gasteiger partial charge in [-0.3, -0.25) is 4.79 Å². The van der Waals surface area contributed by atoms with Gasteiger partial charge in [-0.1, -0.05) is 12.1 Å². The van der Waals surface area contributed by atoms with Crippen molar-refractivity contribution in [3.05, 3.63) is 11.5 Å². The Labute approximate surface area is 113 Å². The van der Waals surface area contributed by atoms with E-state index < -0.39 is 0 Å². The molecular weight excluding hydrogens is 254 g/mol. The predicted octanol–water partition coefficient (Wildman–Crippen LogP) is 1.91. The zero-order chi connectivity index (χ0) is 12.3. The number of nitrogens with one attached hydrogen (secondary N) is 2. The second kappa shape index (κ2) is 6.75. The molecule has 1 aromatic rings. The number of amides is 1. The summed E-state index contributed by atoms with van der Waals surface area (Å²) in [7, 11) is 0. The van der Waals surface area contributed by atoms with Crippen molar-refractivity contribution in [2.24, 2.45) is 5.92 Å². The summed E-state index contributed by atoms with van der Waals surface area (Å²) in [4.78, 5) is 11.7. The number of hydrogen-bond acceptors (Lipinski definition) is 4. The van der Waals surface area contributed by atoms with E-state index in [9.17, 15) is 4.79 Å². The van der Waals surface area contributed by atoms with Gasteiger partial charge < -0.3 is 15.2 Å². The first-order valence-electron chi connectivity index (χ1n) is 6.16. The van der Waals surface area contributed by atoms with Gasteiger partial charge in [-0.15, -0.1) is 12.4 Å². The summed E-state index contributed by atoms with van der Waals surface area (Å²) < 4.78 is 5.05. The van der Waals surface area contributed by atoms with Gasteiger partial charge in [-0.2, -0.15) is 0 Å². The maximum Gasteiger partial charge on any atom is 0.238 e. The summed E-state index contributed by atoms with van der Waals surface area (Å²) >= 11 is 0. The molecule has 2 N–H and O–H groups in total. The summed E-state index contributed by atoms with van der Waals surface area (Å²) in [6.45, 7) is 5.08. The molecule has 102 valence electrons. The largest absolute Gasteiger partial charge is 0.359 e. The molecule has 5 nitrogen and oxygen atoms in total. The highest BCUT2D eigenvalue weighted by molar-refractivity contribution is 5.93. The van der Waals surface area contributed by atoms with Crippen LogP contribution in [0.2, 0.25) is 0 Å². The number of aryl methyl sites for hydroxylation is 2. The van der Waals surface area contributed by atoms with Crippen molar-refractivity contribution in [2.45, 2.75) is 33.1 Å². The lowest BCUT2D eigenvalue weighted by atomic mass is 10.2. The van der Waals surface area contributed by atoms with Crippen molar-refractivity contribution in [2.75, 3.05) is 18.4 Å². The third-order valence-corrected chi connectivity index (χ3v) is 2.95. The number of rotatable bonds is 6. The van der Waals surface area contributed by atoms with E-state index in [-0.39, 0.29) is 18.3 Å². The summed E-state index contributed by atoms with van der Waals surface area (Å²) in [5, 5.41) is 9.90. The lowest BCUT2D eigenvalue weighted by Gasteiger charge is -2.05. The Morgan fingerprint density at radius 1 is 1.50 bits per heavy atom. The van der Waals surface area contributed by atoms with Gasteiger partial charge in [0, 0.05) is 0 Å². The first-order chi connectivity index (χ1) is 8.20. The Kier molecular flexibility index (Phi) is 5.62. The van der Waals surface area contributed by atoms with E-state index in [0.29, 0.717) is 12.3 Å². The van der Waals surface area contributed by atoms with Crippen molar-refractivity contribution in [1.82, 2.24) is 10.5 Å². The second-order valence-electron chi connectivity index (χ2n) is 4.54. The van der Waals surface area contributed by atoms with Crippen molar-refractivity contribution in [3.63, 3.8) is 0 Å². The first-order valence-corrected chi connectivity index (χ1v) is 6.16. The van der Waals surface area contributed by atoms with Crippen LogP contribution < -0.4 is 10.6 Å². The molecule has 1 aromatic heterocycles. The van der Waals surface area contributed by atoms with Gasteiger partial charge in [0.05, 0.1) is 6.54 Å². The molecule has 2 rings (SSSR count). The van der Waals surface area contributed by atoms with E-state index in [0.717, 1.165) is 30.3 Å². The number of carbonyl (C=O) groups is 1. The molecule has 1 heterocycles. The molecule has 0 bridgehead atoms. The van der Waals surface area contributed by atoms with E-state index in [1.165, 1.54) is 12.8 Å². The molecule has 1 amide bonds. The zero-order valence-corrected chi connectivity index (χ0v) is 11.6. The second-order valence-corrected chi connectivity index (χ2v) is 4.54. The normalized spacial score (nSPS) is 14.1. The van der Waals surface area contributed by atoms with Gasteiger partial charge in [0.1, 0.15) is 11.4 Å². The highest BCUT2D eigenvalue weighted by atomic mass is 35.5. The van der Waals surface area contributed by atoms with Crippen LogP contribution in [-0.2, 0) is 11.2 Å². The summed E-state index contributed by atoms with van der Waals surface area (Å²) in [5.41, 5.74) is 1.53. The molecule has 0 aliphatic heterocycles. The first kappa shape index (κ1) is 15.0. The smallest absolute Gasteiger partial charge is 0.238 e. The number of hydrogen-bond donors (Lipinski definition) is 2. The van der Waals surface area contributed by atoms with E-state index in [4.69, 9.17) is 4.52 Å². The molecule has 1 aliphatic rings. The molecule has 1 saturated carbocycles. The summed E-state index contributed by atoms with van der Waals surface area (Å²) in [5.74, 6) is 1.41. The maximum absolute atomic E-state index is 11.7. The van der Waals surface area contributed by atoms with Crippen LogP contribution in [0.15, 0.2) is 4.52 Å². The quantitative estimate of drug-likeness (QED) is 0.831. The molecule has 1 aliphatic carbocycles. The van der Waals surface area contributed by atoms with E-state index in [1.54, 1.807) is 6.92 Å². The van der Waals surface area contributed by atoms with Crippen LogP contribution in [0.5, 0.6) is 0 Å². The monoisotopic (exact) mass is 273 g/mol. The van der Waals surface area contributed by atoms with Gasteiger partial charge in [-0.05, 0) is 38.6 Å². The Morgan fingerprint density at radius 3 is 2.83 bits per heavy atom. The lowest BCUT2D eigenvalue weighted by Crippen LogP contribution is -2.29. The summed E-state index contributed by atoms with van der Waals surface area (Å²) in [6, 6.07) is 0. The average molecular weight is 274 g/mol. The minimum atomic E-state index is -0.0355. The zero-order valence-electron chi connectivity index (χ0n) is 10.8. The van der Waals surface area contributed by atoms with E-state index >= 15 is 0 Å².